The van der Waals surface area contributed by atoms with Gasteiger partial charge in [0.15, 0.2) is 0 Å². The Kier molecular flexibility index (Phi) is 3.93. The molecule has 0 saturated heterocycles. The van der Waals surface area contributed by atoms with Gasteiger partial charge in [-0.1, -0.05) is 24.3 Å². The quantitative estimate of drug-likeness (QED) is 0.694. The predicted octanol–water partition coefficient (Wildman–Crippen LogP) is 2.28. The van der Waals surface area contributed by atoms with Crippen LogP contribution in [0.4, 0.5) is 0 Å². The minimum Gasteiger partial charge on any atom is -0.368 e. The van der Waals surface area contributed by atoms with Crippen molar-refractivity contribution in [2.24, 2.45) is 0 Å². The maximum atomic E-state index is 10.4. The Morgan fingerprint density at radius 3 is 2.77 bits per heavy atom. The second-order valence-corrected chi connectivity index (χ2v) is 3.20. The monoisotopic (exact) mass is 198 g/mol. The van der Waals surface area contributed by atoms with E-state index in [4.69, 9.17) is 16.3 Å². The molecule has 0 aromatic heterocycles. The Morgan fingerprint density at radius 2 is 2.15 bits per heavy atom. The molecule has 2 nitrogen and oxygen atoms in total. The van der Waals surface area contributed by atoms with E-state index in [9.17, 15) is 4.79 Å². The van der Waals surface area contributed by atoms with Gasteiger partial charge in [-0.15, -0.1) is 0 Å². The fourth-order valence-electron chi connectivity index (χ4n) is 1.01. The summed E-state index contributed by atoms with van der Waals surface area (Å²) in [7, 11) is 0. The first-order valence-electron chi connectivity index (χ1n) is 4.00. The van der Waals surface area contributed by atoms with Gasteiger partial charge in [0, 0.05) is 0 Å². The number of carbonyl (C=O) groups is 1. The molecule has 0 aliphatic carbocycles. The molecule has 0 radical (unpaired) electrons. The average molecular weight is 199 g/mol. The number of rotatable bonds is 4. The fourth-order valence-corrected chi connectivity index (χ4v) is 1.09. The molecule has 70 valence electrons. The molecule has 3 heteroatoms. The summed E-state index contributed by atoms with van der Waals surface area (Å²) in [4.78, 5) is 10.4. The molecule has 0 atom stereocenters. The molecule has 0 N–H and O–H groups in total. The number of hydrogen-bond donors (Lipinski definition) is 0. The molecule has 0 fully saturated rings. The Bertz CT molecular complexity index is 297. The molecule has 0 heterocycles. The van der Waals surface area contributed by atoms with Crippen molar-refractivity contribution in [2.45, 2.75) is 13.5 Å². The van der Waals surface area contributed by atoms with E-state index in [0.717, 1.165) is 11.1 Å². The smallest absolute Gasteiger partial charge is 0.247 e. The maximum absolute atomic E-state index is 10.4. The highest BCUT2D eigenvalue weighted by Gasteiger charge is 1.99. The van der Waals surface area contributed by atoms with Gasteiger partial charge in [-0.2, -0.15) is 0 Å². The molecule has 1 rings (SSSR count). The lowest BCUT2D eigenvalue weighted by atomic mass is 10.1. The van der Waals surface area contributed by atoms with Crippen LogP contribution in [0.2, 0.25) is 0 Å². The normalized spacial score (nSPS) is 10.0. The van der Waals surface area contributed by atoms with Gasteiger partial charge in [-0.3, -0.25) is 4.79 Å². The van der Waals surface area contributed by atoms with E-state index in [-0.39, 0.29) is 6.61 Å². The summed E-state index contributed by atoms with van der Waals surface area (Å²) < 4.78 is 5.08. The Balaban J connectivity index is 2.45. The first-order valence-corrected chi connectivity index (χ1v) is 4.38. The van der Waals surface area contributed by atoms with E-state index in [1.165, 1.54) is 0 Å². The second kappa shape index (κ2) is 5.00. The van der Waals surface area contributed by atoms with E-state index in [1.54, 1.807) is 0 Å². The number of hydrogen-bond acceptors (Lipinski definition) is 2. The second-order valence-electron chi connectivity index (χ2n) is 2.77. The summed E-state index contributed by atoms with van der Waals surface area (Å²) in [5, 5.41) is -0.464. The molecule has 0 spiro atoms. The molecule has 1 aromatic carbocycles. The standard InChI is InChI=1S/C10H11ClO2/c1-8-4-2-3-5-9(8)6-13-7-10(11)12/h2-5H,6-7H2,1H3. The number of carbonyl (C=O) groups excluding carboxylic acids is 1. The number of ether oxygens (including phenoxy) is 1. The highest BCUT2D eigenvalue weighted by atomic mass is 35.5. The van der Waals surface area contributed by atoms with Gasteiger partial charge in [0.05, 0.1) is 6.61 Å². The molecule has 0 saturated carbocycles. The molecule has 1 aromatic rings. The highest BCUT2D eigenvalue weighted by Crippen LogP contribution is 2.07. The van der Waals surface area contributed by atoms with Crippen LogP contribution in [0.3, 0.4) is 0 Å². The van der Waals surface area contributed by atoms with Crippen LogP contribution in [-0.2, 0) is 16.1 Å². The summed E-state index contributed by atoms with van der Waals surface area (Å²) in [6.07, 6.45) is 0. The van der Waals surface area contributed by atoms with Gasteiger partial charge in [0.1, 0.15) is 6.61 Å². The molecule has 0 bridgehead atoms. The topological polar surface area (TPSA) is 26.3 Å². The van der Waals surface area contributed by atoms with E-state index in [2.05, 4.69) is 0 Å². The van der Waals surface area contributed by atoms with Crippen molar-refractivity contribution >= 4 is 16.8 Å². The van der Waals surface area contributed by atoms with Gasteiger partial charge < -0.3 is 4.74 Å². The maximum Gasteiger partial charge on any atom is 0.247 e. The third-order valence-corrected chi connectivity index (χ3v) is 1.84. The molecule has 13 heavy (non-hydrogen) atoms. The minimum atomic E-state index is -0.464. The molecule has 0 aliphatic rings. The fraction of sp³-hybridized carbons (Fsp3) is 0.300. The van der Waals surface area contributed by atoms with Crippen LogP contribution in [0.25, 0.3) is 0 Å². The van der Waals surface area contributed by atoms with E-state index < -0.39 is 5.24 Å². The van der Waals surface area contributed by atoms with Gasteiger partial charge in [0.25, 0.3) is 0 Å². The van der Waals surface area contributed by atoms with Crippen LogP contribution < -0.4 is 0 Å². The van der Waals surface area contributed by atoms with Crippen molar-refractivity contribution in [1.29, 1.82) is 0 Å². The zero-order valence-electron chi connectivity index (χ0n) is 7.42. The number of aryl methyl sites for hydroxylation is 1. The number of benzene rings is 1. The lowest BCUT2D eigenvalue weighted by molar-refractivity contribution is -0.116. The first kappa shape index (κ1) is 10.2. The van der Waals surface area contributed by atoms with Crippen LogP contribution in [-0.4, -0.2) is 11.8 Å². The summed E-state index contributed by atoms with van der Waals surface area (Å²) in [6, 6.07) is 7.87. The molecule has 0 aliphatic heterocycles. The lowest BCUT2D eigenvalue weighted by Gasteiger charge is -2.04. The minimum absolute atomic E-state index is 0.0319. The van der Waals surface area contributed by atoms with E-state index in [0.29, 0.717) is 6.61 Å². The zero-order valence-corrected chi connectivity index (χ0v) is 8.17. The average Bonchev–Trinajstić information content (AvgIpc) is 2.08. The third kappa shape index (κ3) is 3.57. The molecular weight excluding hydrogens is 188 g/mol. The van der Waals surface area contributed by atoms with Gasteiger partial charge in [0.2, 0.25) is 5.24 Å². The van der Waals surface area contributed by atoms with Crippen molar-refractivity contribution < 1.29 is 9.53 Å². The largest absolute Gasteiger partial charge is 0.368 e. The Morgan fingerprint density at radius 1 is 1.46 bits per heavy atom. The first-order chi connectivity index (χ1) is 6.20. The van der Waals surface area contributed by atoms with Gasteiger partial charge in [-0.05, 0) is 29.7 Å². The van der Waals surface area contributed by atoms with Crippen LogP contribution in [0.5, 0.6) is 0 Å². The molecule has 0 amide bonds. The van der Waals surface area contributed by atoms with Crippen LogP contribution in [0.15, 0.2) is 24.3 Å². The highest BCUT2D eigenvalue weighted by molar-refractivity contribution is 6.63. The van der Waals surface area contributed by atoms with Crippen LogP contribution in [0.1, 0.15) is 11.1 Å². The summed E-state index contributed by atoms with van der Waals surface area (Å²) in [5.41, 5.74) is 2.24. The van der Waals surface area contributed by atoms with Crippen LogP contribution in [0, 0.1) is 6.92 Å². The van der Waals surface area contributed by atoms with Gasteiger partial charge >= 0.3 is 0 Å². The van der Waals surface area contributed by atoms with Crippen molar-refractivity contribution in [3.05, 3.63) is 35.4 Å². The Labute approximate surface area is 82.5 Å². The summed E-state index contributed by atoms with van der Waals surface area (Å²) in [6.45, 7) is 2.40. The van der Waals surface area contributed by atoms with Crippen LogP contribution >= 0.6 is 11.6 Å². The zero-order chi connectivity index (χ0) is 9.68. The molecular formula is C10H11ClO2. The summed E-state index contributed by atoms with van der Waals surface area (Å²) in [5.74, 6) is 0. The number of halogens is 1. The van der Waals surface area contributed by atoms with E-state index in [1.807, 2.05) is 31.2 Å². The SMILES string of the molecule is Cc1ccccc1COCC(=O)Cl. The van der Waals surface area contributed by atoms with Crippen molar-refractivity contribution in [2.75, 3.05) is 6.61 Å². The molecule has 0 unspecified atom stereocenters. The van der Waals surface area contributed by atoms with Crippen molar-refractivity contribution in [3.8, 4) is 0 Å². The lowest BCUT2D eigenvalue weighted by Crippen LogP contribution is -2.02. The van der Waals surface area contributed by atoms with Crippen molar-refractivity contribution in [3.63, 3.8) is 0 Å². The predicted molar refractivity (Wildman–Crippen MR) is 51.7 cm³/mol. The van der Waals surface area contributed by atoms with Crippen molar-refractivity contribution in [1.82, 2.24) is 0 Å². The Hall–Kier alpha value is -0.860. The third-order valence-electron chi connectivity index (χ3n) is 1.73. The van der Waals surface area contributed by atoms with Gasteiger partial charge in [-0.25, -0.2) is 0 Å². The summed E-state index contributed by atoms with van der Waals surface area (Å²) >= 11 is 5.12. The van der Waals surface area contributed by atoms with E-state index >= 15 is 0 Å².